The van der Waals surface area contributed by atoms with Crippen molar-refractivity contribution in [2.75, 3.05) is 47.0 Å². The molecule has 0 saturated carbocycles. The first-order valence-corrected chi connectivity index (χ1v) is 14.8. The number of hydrogen-bond donors (Lipinski definition) is 0. The quantitative estimate of drug-likeness (QED) is 0.324. The number of halogens is 1. The van der Waals surface area contributed by atoms with E-state index in [4.69, 9.17) is 30.5 Å². The third-order valence-electron chi connectivity index (χ3n) is 7.79. The summed E-state index contributed by atoms with van der Waals surface area (Å²) in [6.45, 7) is 2.61. The molecule has 2 aliphatic heterocycles. The van der Waals surface area contributed by atoms with Gasteiger partial charge in [0, 0.05) is 41.9 Å². The lowest BCUT2D eigenvalue weighted by molar-refractivity contribution is -0.149. The topological polar surface area (TPSA) is 99.5 Å². The molecule has 228 valence electrons. The van der Waals surface area contributed by atoms with Gasteiger partial charge in [-0.15, -0.1) is 0 Å². The van der Waals surface area contributed by atoms with Gasteiger partial charge in [-0.05, 0) is 56.2 Å². The van der Waals surface area contributed by atoms with E-state index in [9.17, 15) is 14.4 Å². The number of ether oxygens (including phenoxy) is 4. The van der Waals surface area contributed by atoms with Crippen LogP contribution in [-0.4, -0.2) is 79.2 Å². The highest BCUT2D eigenvalue weighted by atomic mass is 35.5. The Morgan fingerprint density at radius 1 is 1.05 bits per heavy atom. The number of nitrogens with zero attached hydrogens (tertiary/aromatic N) is 3. The Morgan fingerprint density at radius 3 is 2.65 bits per heavy atom. The number of rotatable bonds is 9. The Hall–Kier alpha value is -4.02. The molecule has 0 spiro atoms. The summed E-state index contributed by atoms with van der Waals surface area (Å²) in [7, 11) is 3.18. The highest BCUT2D eigenvalue weighted by molar-refractivity contribution is 6.30. The maximum absolute atomic E-state index is 13.5. The van der Waals surface area contributed by atoms with Crippen LogP contribution >= 0.6 is 11.6 Å². The molecule has 0 bridgehead atoms. The number of para-hydroxylation sites is 1. The number of carbonyl (C=O) groups excluding carboxylic acids is 3. The van der Waals surface area contributed by atoms with Gasteiger partial charge >= 0.3 is 5.97 Å². The van der Waals surface area contributed by atoms with Crippen LogP contribution in [0.25, 0.3) is 5.69 Å². The maximum atomic E-state index is 13.5. The largest absolute Gasteiger partial charge is 0.493 e. The molecule has 0 aliphatic carbocycles. The molecule has 2 aliphatic rings. The van der Waals surface area contributed by atoms with E-state index in [1.165, 1.54) is 4.90 Å². The predicted molar refractivity (Wildman–Crippen MR) is 160 cm³/mol. The van der Waals surface area contributed by atoms with Crippen LogP contribution in [0.1, 0.15) is 55.2 Å². The normalized spacial score (nSPS) is 18.3. The van der Waals surface area contributed by atoms with E-state index in [1.54, 1.807) is 26.0 Å². The van der Waals surface area contributed by atoms with Crippen molar-refractivity contribution in [1.82, 2.24) is 14.4 Å². The molecule has 10 nitrogen and oxygen atoms in total. The Morgan fingerprint density at radius 2 is 1.88 bits per heavy atom. The summed E-state index contributed by atoms with van der Waals surface area (Å²) in [4.78, 5) is 41.3. The lowest BCUT2D eigenvalue weighted by Crippen LogP contribution is -2.41. The van der Waals surface area contributed by atoms with Crippen LogP contribution in [0.4, 0.5) is 0 Å². The summed E-state index contributed by atoms with van der Waals surface area (Å²) in [5.74, 6) is 0.265. The summed E-state index contributed by atoms with van der Waals surface area (Å²) in [6.07, 6.45) is 2.05. The van der Waals surface area contributed by atoms with Crippen LogP contribution in [-0.2, 0) is 23.9 Å². The average molecular weight is 610 g/mol. The zero-order valence-electron chi connectivity index (χ0n) is 24.6. The standard InChI is InChI=1S/C32H36ClN3O7/c1-4-42-30(39)20-35-16-7-15-34(19-29(35)38)28(37)14-13-26-25-9-6-17-36(25)24-12-11-21(33)18-23(24)31(43-26)22-8-5-10-27(40-2)32(22)41-3/h5-6,8-12,17-18,26,31H,4,7,13-16,19-20H2,1-3H3/t26-,31-/m1/s1. The summed E-state index contributed by atoms with van der Waals surface area (Å²) in [6, 6.07) is 15.3. The Balaban J connectivity index is 1.39. The van der Waals surface area contributed by atoms with Crippen molar-refractivity contribution in [2.45, 2.75) is 38.4 Å². The van der Waals surface area contributed by atoms with E-state index < -0.39 is 18.2 Å². The molecular weight excluding hydrogens is 574 g/mol. The number of hydrogen-bond acceptors (Lipinski definition) is 7. The first-order chi connectivity index (χ1) is 20.8. The van der Waals surface area contributed by atoms with Gasteiger partial charge in [0.2, 0.25) is 11.8 Å². The van der Waals surface area contributed by atoms with Crippen LogP contribution in [0, 0.1) is 0 Å². The highest BCUT2D eigenvalue weighted by Gasteiger charge is 2.34. The van der Waals surface area contributed by atoms with Gasteiger partial charge in [0.25, 0.3) is 0 Å². The molecule has 5 rings (SSSR count). The van der Waals surface area contributed by atoms with Gasteiger partial charge in [-0.1, -0.05) is 23.7 Å². The third-order valence-corrected chi connectivity index (χ3v) is 8.03. The molecule has 3 aromatic rings. The van der Waals surface area contributed by atoms with Crippen molar-refractivity contribution in [3.05, 3.63) is 76.6 Å². The predicted octanol–water partition coefficient (Wildman–Crippen LogP) is 4.71. The number of amides is 2. The number of aromatic nitrogens is 1. The van der Waals surface area contributed by atoms with Crippen molar-refractivity contribution in [2.24, 2.45) is 0 Å². The maximum Gasteiger partial charge on any atom is 0.325 e. The zero-order chi connectivity index (χ0) is 30.5. The van der Waals surface area contributed by atoms with Crippen LogP contribution in [0.3, 0.4) is 0 Å². The van der Waals surface area contributed by atoms with Crippen LogP contribution < -0.4 is 9.47 Å². The fourth-order valence-electron chi connectivity index (χ4n) is 5.79. The first kappa shape index (κ1) is 30.4. The summed E-state index contributed by atoms with van der Waals surface area (Å²) in [5, 5.41) is 0.569. The number of carbonyl (C=O) groups is 3. The first-order valence-electron chi connectivity index (χ1n) is 14.4. The lowest BCUT2D eigenvalue weighted by atomic mass is 9.98. The molecule has 3 heterocycles. The van der Waals surface area contributed by atoms with Crippen molar-refractivity contribution < 1.29 is 33.3 Å². The van der Waals surface area contributed by atoms with Gasteiger partial charge in [0.1, 0.15) is 12.6 Å². The highest BCUT2D eigenvalue weighted by Crippen LogP contribution is 2.46. The van der Waals surface area contributed by atoms with E-state index in [0.717, 1.165) is 22.5 Å². The van der Waals surface area contributed by atoms with E-state index in [2.05, 4.69) is 4.57 Å². The van der Waals surface area contributed by atoms with Crippen molar-refractivity contribution in [3.8, 4) is 17.2 Å². The molecule has 2 aromatic carbocycles. The molecule has 1 aromatic heterocycles. The minimum atomic E-state index is -0.574. The molecule has 1 saturated heterocycles. The van der Waals surface area contributed by atoms with Crippen molar-refractivity contribution in [3.63, 3.8) is 0 Å². The van der Waals surface area contributed by atoms with Crippen LogP contribution in [0.2, 0.25) is 5.02 Å². The second kappa shape index (κ2) is 13.5. The van der Waals surface area contributed by atoms with Crippen molar-refractivity contribution >= 4 is 29.4 Å². The number of fused-ring (bicyclic) bond motifs is 3. The van der Waals surface area contributed by atoms with E-state index in [-0.39, 0.29) is 37.9 Å². The van der Waals surface area contributed by atoms with E-state index >= 15 is 0 Å². The Bertz CT molecular complexity index is 1490. The van der Waals surface area contributed by atoms with Gasteiger partial charge < -0.3 is 33.3 Å². The summed E-state index contributed by atoms with van der Waals surface area (Å²) in [5.41, 5.74) is 3.43. The molecule has 43 heavy (non-hydrogen) atoms. The SMILES string of the molecule is CCOC(=O)CN1CCCN(C(=O)CC[C@H]2O[C@H](c3cccc(OC)c3OC)c3cc(Cl)ccc3-n3cccc32)CC1=O. The zero-order valence-corrected chi connectivity index (χ0v) is 25.3. The number of benzene rings is 2. The van der Waals surface area contributed by atoms with Gasteiger partial charge in [-0.2, -0.15) is 0 Å². The van der Waals surface area contributed by atoms with Gasteiger partial charge in [0.15, 0.2) is 11.5 Å². The van der Waals surface area contributed by atoms with Gasteiger partial charge in [0.05, 0.1) is 44.9 Å². The summed E-state index contributed by atoms with van der Waals surface area (Å²) >= 11 is 6.49. The smallest absolute Gasteiger partial charge is 0.325 e. The Labute approximate surface area is 256 Å². The summed E-state index contributed by atoms with van der Waals surface area (Å²) < 4.78 is 25.3. The molecule has 11 heteroatoms. The minimum Gasteiger partial charge on any atom is -0.493 e. The second-order valence-electron chi connectivity index (χ2n) is 10.4. The van der Waals surface area contributed by atoms with Crippen molar-refractivity contribution in [1.29, 1.82) is 0 Å². The molecular formula is C32H36ClN3O7. The second-order valence-corrected chi connectivity index (χ2v) is 10.9. The molecule has 0 N–H and O–H groups in total. The Kier molecular flexibility index (Phi) is 9.57. The van der Waals surface area contributed by atoms with E-state index in [0.29, 0.717) is 42.5 Å². The minimum absolute atomic E-state index is 0.0757. The fourth-order valence-corrected chi connectivity index (χ4v) is 5.97. The molecule has 0 radical (unpaired) electrons. The molecule has 1 fully saturated rings. The molecule has 2 amide bonds. The number of esters is 1. The molecule has 2 atom stereocenters. The van der Waals surface area contributed by atoms with Gasteiger partial charge in [-0.3, -0.25) is 14.4 Å². The van der Waals surface area contributed by atoms with Crippen LogP contribution in [0.5, 0.6) is 11.5 Å². The monoisotopic (exact) mass is 609 g/mol. The number of methoxy groups -OCH3 is 2. The van der Waals surface area contributed by atoms with E-state index in [1.807, 2.05) is 54.7 Å². The third kappa shape index (κ3) is 6.50. The van der Waals surface area contributed by atoms with Crippen LogP contribution in [0.15, 0.2) is 54.7 Å². The average Bonchev–Trinajstić information content (AvgIpc) is 3.36. The lowest BCUT2D eigenvalue weighted by Gasteiger charge is -2.26. The van der Waals surface area contributed by atoms with Gasteiger partial charge in [-0.25, -0.2) is 0 Å². The molecule has 0 unspecified atom stereocenters. The fraction of sp³-hybridized carbons (Fsp3) is 0.406.